The van der Waals surface area contributed by atoms with E-state index in [9.17, 15) is 14.4 Å². The Kier molecular flexibility index (Phi) is 6.89. The van der Waals surface area contributed by atoms with Gasteiger partial charge in [-0.05, 0) is 18.2 Å². The van der Waals surface area contributed by atoms with Gasteiger partial charge in [0.05, 0.1) is 45.1 Å². The molecule has 160 valence electrons. The summed E-state index contributed by atoms with van der Waals surface area (Å²) in [6, 6.07) is 4.91. The van der Waals surface area contributed by atoms with Crippen molar-refractivity contribution in [3.05, 3.63) is 34.9 Å². The van der Waals surface area contributed by atoms with Gasteiger partial charge in [-0.1, -0.05) is 25.6 Å². The third-order valence-corrected chi connectivity index (χ3v) is 5.00. The molecule has 2 aromatic rings. The van der Waals surface area contributed by atoms with E-state index in [-0.39, 0.29) is 6.54 Å². The van der Waals surface area contributed by atoms with Gasteiger partial charge in [0.15, 0.2) is 0 Å². The molecular formula is C20H25N3O6Si. The van der Waals surface area contributed by atoms with Crippen LogP contribution in [0.1, 0.15) is 0 Å². The van der Waals surface area contributed by atoms with Crippen LogP contribution in [0, 0.1) is 11.5 Å². The number of benzene rings is 1. The van der Waals surface area contributed by atoms with Crippen LogP contribution in [0.3, 0.4) is 0 Å². The van der Waals surface area contributed by atoms with Gasteiger partial charge in [0.2, 0.25) is 5.54 Å². The number of nitrogens with zero attached hydrogens (tertiary/aromatic N) is 2. The standard InChI is InChI=1S/C20H25N3O6Si/c1-27-14-7-8-16-15(11-14)17(24)23(13-21-16)12-20(18(25)28-2,22-19(26)29-3)9-10-30(4,5)6/h7-8,11,13H,12H2,1-6H3,(H,22,26). The second kappa shape index (κ2) is 9.00. The van der Waals surface area contributed by atoms with Crippen LogP contribution in [0.15, 0.2) is 29.3 Å². The molecule has 0 aliphatic carbocycles. The summed E-state index contributed by atoms with van der Waals surface area (Å²) >= 11 is 0. The van der Waals surface area contributed by atoms with Gasteiger partial charge in [-0.15, -0.1) is 5.54 Å². The van der Waals surface area contributed by atoms with Crippen molar-refractivity contribution >= 4 is 31.0 Å². The number of fused-ring (bicyclic) bond motifs is 1. The zero-order chi connectivity index (χ0) is 22.5. The number of hydrogen-bond acceptors (Lipinski definition) is 7. The summed E-state index contributed by atoms with van der Waals surface area (Å²) in [5.41, 5.74) is 1.28. The lowest BCUT2D eigenvalue weighted by Gasteiger charge is -2.27. The molecule has 0 aliphatic rings. The predicted octanol–water partition coefficient (Wildman–Crippen LogP) is 1.55. The summed E-state index contributed by atoms with van der Waals surface area (Å²) in [5, 5.41) is 2.75. The Balaban J connectivity index is 2.68. The number of hydrogen-bond donors (Lipinski definition) is 1. The highest BCUT2D eigenvalue weighted by atomic mass is 28.3. The Hall–Kier alpha value is -3.32. The second-order valence-electron chi connectivity index (χ2n) is 7.57. The molecule has 1 aromatic heterocycles. The molecule has 1 unspecified atom stereocenters. The first-order valence-corrected chi connectivity index (χ1v) is 12.6. The molecule has 10 heteroatoms. The molecule has 30 heavy (non-hydrogen) atoms. The highest BCUT2D eigenvalue weighted by Gasteiger charge is 2.41. The summed E-state index contributed by atoms with van der Waals surface area (Å²) in [6.07, 6.45) is 0.415. The number of methoxy groups -OCH3 is 3. The van der Waals surface area contributed by atoms with Gasteiger partial charge in [-0.2, -0.15) is 0 Å². The smallest absolute Gasteiger partial charge is 0.408 e. The average Bonchev–Trinajstić information content (AvgIpc) is 2.72. The van der Waals surface area contributed by atoms with E-state index in [2.05, 4.69) is 26.5 Å². The zero-order valence-electron chi connectivity index (χ0n) is 17.9. The van der Waals surface area contributed by atoms with Crippen LogP contribution in [0.4, 0.5) is 4.79 Å². The number of aromatic nitrogens is 2. The highest BCUT2D eigenvalue weighted by Crippen LogP contribution is 2.17. The zero-order valence-corrected chi connectivity index (χ0v) is 18.9. The molecular weight excluding hydrogens is 406 g/mol. The van der Waals surface area contributed by atoms with Crippen LogP contribution < -0.4 is 15.6 Å². The topological polar surface area (TPSA) is 109 Å². The van der Waals surface area contributed by atoms with Crippen molar-refractivity contribution < 1.29 is 23.8 Å². The summed E-state index contributed by atoms with van der Waals surface area (Å²) in [5.74, 6) is 2.52. The van der Waals surface area contributed by atoms with Gasteiger partial charge in [-0.25, -0.2) is 14.6 Å². The fourth-order valence-corrected chi connectivity index (χ4v) is 3.19. The fraction of sp³-hybridized carbons (Fsp3) is 0.400. The van der Waals surface area contributed by atoms with Gasteiger partial charge in [-0.3, -0.25) is 14.7 Å². The highest BCUT2D eigenvalue weighted by molar-refractivity contribution is 6.83. The molecule has 0 radical (unpaired) electrons. The van der Waals surface area contributed by atoms with E-state index in [1.54, 1.807) is 18.2 Å². The fourth-order valence-electron chi connectivity index (χ4n) is 2.60. The first-order chi connectivity index (χ1) is 14.0. The number of carbonyl (C=O) groups excluding carboxylic acids is 2. The monoisotopic (exact) mass is 431 g/mol. The van der Waals surface area contributed by atoms with Crippen LogP contribution in [0.25, 0.3) is 10.9 Å². The van der Waals surface area contributed by atoms with Crippen molar-refractivity contribution in [3.8, 4) is 17.2 Å². The number of carbonyl (C=O) groups is 2. The minimum atomic E-state index is -1.95. The van der Waals surface area contributed by atoms with Crippen molar-refractivity contribution in [2.45, 2.75) is 31.7 Å². The Morgan fingerprint density at radius 1 is 1.20 bits per heavy atom. The van der Waals surface area contributed by atoms with Crippen molar-refractivity contribution in [1.29, 1.82) is 0 Å². The minimum Gasteiger partial charge on any atom is -0.497 e. The summed E-state index contributed by atoms with van der Waals surface area (Å²) in [6.45, 7) is 5.63. The molecule has 0 aliphatic heterocycles. The largest absolute Gasteiger partial charge is 0.497 e. The average molecular weight is 432 g/mol. The molecule has 1 N–H and O–H groups in total. The summed E-state index contributed by atoms with van der Waals surface area (Å²) < 4.78 is 16.0. The van der Waals surface area contributed by atoms with E-state index >= 15 is 0 Å². The van der Waals surface area contributed by atoms with Gasteiger partial charge in [0, 0.05) is 0 Å². The third kappa shape index (κ3) is 5.18. The first-order valence-electron chi connectivity index (χ1n) is 9.07. The second-order valence-corrected chi connectivity index (χ2v) is 12.3. The van der Waals surface area contributed by atoms with Crippen LogP contribution in [0.5, 0.6) is 5.75 Å². The van der Waals surface area contributed by atoms with Crippen LogP contribution in [-0.2, 0) is 20.8 Å². The van der Waals surface area contributed by atoms with Crippen LogP contribution in [0.2, 0.25) is 19.6 Å². The Morgan fingerprint density at radius 3 is 2.47 bits per heavy atom. The van der Waals surface area contributed by atoms with Gasteiger partial charge in [0.25, 0.3) is 5.56 Å². The van der Waals surface area contributed by atoms with Crippen molar-refractivity contribution in [3.63, 3.8) is 0 Å². The van der Waals surface area contributed by atoms with E-state index in [1.807, 2.05) is 19.6 Å². The normalized spacial score (nSPS) is 12.9. The maximum Gasteiger partial charge on any atom is 0.408 e. The Bertz CT molecular complexity index is 1080. The minimum absolute atomic E-state index is 0.298. The molecule has 1 heterocycles. The molecule has 1 aromatic carbocycles. The summed E-state index contributed by atoms with van der Waals surface area (Å²) in [4.78, 5) is 42.1. The van der Waals surface area contributed by atoms with Gasteiger partial charge >= 0.3 is 12.1 Å². The number of alkyl carbamates (subject to hydrolysis) is 1. The third-order valence-electron chi connectivity index (χ3n) is 4.12. The molecule has 0 saturated heterocycles. The SMILES string of the molecule is COC(=O)NC(C#C[Si](C)(C)C)(Cn1cnc2ccc(OC)cc2c1=O)C(=O)OC. The molecule has 2 rings (SSSR count). The molecule has 0 spiro atoms. The van der Waals surface area contributed by atoms with E-state index in [0.29, 0.717) is 16.7 Å². The van der Waals surface area contributed by atoms with Gasteiger partial charge in [0.1, 0.15) is 13.8 Å². The number of amides is 1. The molecule has 9 nitrogen and oxygen atoms in total. The lowest BCUT2D eigenvalue weighted by molar-refractivity contribution is -0.146. The summed E-state index contributed by atoms with van der Waals surface area (Å²) in [7, 11) is 1.88. The van der Waals surface area contributed by atoms with E-state index in [1.165, 1.54) is 32.2 Å². The first kappa shape index (κ1) is 23.0. The van der Waals surface area contributed by atoms with Crippen molar-refractivity contribution in [2.24, 2.45) is 0 Å². The van der Waals surface area contributed by atoms with Crippen molar-refractivity contribution in [1.82, 2.24) is 14.9 Å². The Morgan fingerprint density at radius 2 is 1.90 bits per heavy atom. The molecule has 1 atom stereocenters. The number of ether oxygens (including phenoxy) is 3. The quantitative estimate of drug-likeness (QED) is 0.435. The molecule has 1 amide bonds. The molecule has 0 saturated carbocycles. The Labute approximate surface area is 175 Å². The van der Waals surface area contributed by atoms with Crippen LogP contribution >= 0.6 is 0 Å². The van der Waals surface area contributed by atoms with Gasteiger partial charge < -0.3 is 14.2 Å². The van der Waals surface area contributed by atoms with Crippen LogP contribution in [-0.4, -0.2) is 56.6 Å². The molecule has 0 fully saturated rings. The maximum atomic E-state index is 13.1. The van der Waals surface area contributed by atoms with E-state index in [0.717, 1.165) is 0 Å². The lowest BCUT2D eigenvalue weighted by atomic mass is 10.0. The predicted molar refractivity (Wildman–Crippen MR) is 114 cm³/mol. The van der Waals surface area contributed by atoms with E-state index < -0.39 is 31.2 Å². The lowest BCUT2D eigenvalue weighted by Crippen LogP contribution is -2.58. The molecule has 0 bridgehead atoms. The number of rotatable bonds is 5. The number of esters is 1. The number of nitrogens with one attached hydrogen (secondary N) is 1. The van der Waals surface area contributed by atoms with E-state index in [4.69, 9.17) is 9.47 Å². The van der Waals surface area contributed by atoms with Crippen molar-refractivity contribution in [2.75, 3.05) is 21.3 Å². The maximum absolute atomic E-state index is 13.1.